The van der Waals surface area contributed by atoms with Gasteiger partial charge in [0.25, 0.3) is 6.43 Å². The van der Waals surface area contributed by atoms with E-state index in [1.165, 1.54) is 12.1 Å². The maximum absolute atomic E-state index is 12.8. The first-order chi connectivity index (χ1) is 10.2. The van der Waals surface area contributed by atoms with Crippen LogP contribution in [0, 0.1) is 0 Å². The highest BCUT2D eigenvalue weighted by molar-refractivity contribution is 7.80. The molecule has 0 amide bonds. The van der Waals surface area contributed by atoms with Crippen molar-refractivity contribution in [1.82, 2.24) is 0 Å². The molecule has 1 aromatic carbocycles. The van der Waals surface area contributed by atoms with Gasteiger partial charge in [-0.05, 0) is 44.8 Å². The van der Waals surface area contributed by atoms with Gasteiger partial charge in [-0.15, -0.1) is 0 Å². The second kappa shape index (κ2) is 6.34. The van der Waals surface area contributed by atoms with E-state index < -0.39 is 24.7 Å². The monoisotopic (exact) mass is 326 g/mol. The van der Waals surface area contributed by atoms with Gasteiger partial charge >= 0.3 is 7.12 Å². The van der Waals surface area contributed by atoms with Crippen molar-refractivity contribution in [3.05, 3.63) is 40.9 Å². The minimum atomic E-state index is -2.48. The SMILES string of the molecule is CC1(C)OB(C(=Cc2cccc(C(F)F)c2)CS)OC1(C)C. The summed E-state index contributed by atoms with van der Waals surface area (Å²) in [6.07, 6.45) is -0.675. The Labute approximate surface area is 136 Å². The average molecular weight is 326 g/mol. The van der Waals surface area contributed by atoms with Gasteiger partial charge in [0, 0.05) is 11.3 Å². The van der Waals surface area contributed by atoms with E-state index in [1.54, 1.807) is 18.2 Å². The Hall–Kier alpha value is -0.845. The van der Waals surface area contributed by atoms with E-state index in [9.17, 15) is 8.78 Å². The second-order valence-electron chi connectivity index (χ2n) is 6.44. The van der Waals surface area contributed by atoms with E-state index in [0.29, 0.717) is 11.3 Å². The quantitative estimate of drug-likeness (QED) is 0.645. The van der Waals surface area contributed by atoms with Gasteiger partial charge in [-0.1, -0.05) is 24.3 Å². The van der Waals surface area contributed by atoms with Crippen LogP contribution in [0.25, 0.3) is 6.08 Å². The molecule has 2 nitrogen and oxygen atoms in total. The lowest BCUT2D eigenvalue weighted by atomic mass is 9.78. The van der Waals surface area contributed by atoms with Gasteiger partial charge < -0.3 is 9.31 Å². The Morgan fingerprint density at radius 2 is 1.82 bits per heavy atom. The van der Waals surface area contributed by atoms with Crippen molar-refractivity contribution in [3.8, 4) is 0 Å². The Kier molecular flexibility index (Phi) is 5.04. The number of halogens is 2. The number of alkyl halides is 2. The summed E-state index contributed by atoms with van der Waals surface area (Å²) in [5.41, 5.74) is 0.626. The number of rotatable bonds is 4. The van der Waals surface area contributed by atoms with Crippen molar-refractivity contribution >= 4 is 25.8 Å². The van der Waals surface area contributed by atoms with Gasteiger partial charge in [0.05, 0.1) is 11.2 Å². The Morgan fingerprint density at radius 1 is 1.23 bits per heavy atom. The molecule has 0 atom stereocenters. The van der Waals surface area contributed by atoms with Crippen molar-refractivity contribution in [3.63, 3.8) is 0 Å². The molecule has 0 saturated carbocycles. The van der Waals surface area contributed by atoms with Crippen molar-refractivity contribution in [1.29, 1.82) is 0 Å². The van der Waals surface area contributed by atoms with Gasteiger partial charge in [-0.3, -0.25) is 0 Å². The van der Waals surface area contributed by atoms with Crippen LogP contribution in [0.15, 0.2) is 29.7 Å². The van der Waals surface area contributed by atoms with Crippen molar-refractivity contribution in [2.24, 2.45) is 0 Å². The Morgan fingerprint density at radius 3 is 2.32 bits per heavy atom. The first-order valence-corrected chi connectivity index (χ1v) is 7.84. The van der Waals surface area contributed by atoms with Gasteiger partial charge in [-0.25, -0.2) is 8.78 Å². The molecule has 1 saturated heterocycles. The lowest BCUT2D eigenvalue weighted by Crippen LogP contribution is -2.41. The van der Waals surface area contributed by atoms with Crippen molar-refractivity contribution < 1.29 is 18.1 Å². The minimum Gasteiger partial charge on any atom is -0.400 e. The van der Waals surface area contributed by atoms with E-state index in [4.69, 9.17) is 9.31 Å². The lowest BCUT2D eigenvalue weighted by molar-refractivity contribution is 0.00578. The molecule has 1 aromatic rings. The Balaban J connectivity index is 2.27. The third-order valence-corrected chi connectivity index (χ3v) is 4.62. The summed E-state index contributed by atoms with van der Waals surface area (Å²) >= 11 is 4.32. The molecule has 0 spiro atoms. The lowest BCUT2D eigenvalue weighted by Gasteiger charge is -2.32. The molecule has 1 aliphatic heterocycles. The van der Waals surface area contributed by atoms with Crippen LogP contribution >= 0.6 is 12.6 Å². The first kappa shape index (κ1) is 17.5. The normalized spacial score (nSPS) is 20.7. The summed E-state index contributed by atoms with van der Waals surface area (Å²) in [6, 6.07) is 6.28. The molecule has 6 heteroatoms. The average Bonchev–Trinajstić information content (AvgIpc) is 2.65. The summed E-state index contributed by atoms with van der Waals surface area (Å²) in [6.45, 7) is 7.89. The predicted octanol–water partition coefficient (Wildman–Crippen LogP) is 4.57. The standard InChI is InChI=1S/C16H21BF2O2S/c1-15(2)16(3,4)21-17(20-15)13(10-22)9-11-6-5-7-12(8-11)14(18)19/h5-9,14,22H,10H2,1-4H3. The molecule has 22 heavy (non-hydrogen) atoms. The molecule has 0 bridgehead atoms. The molecule has 1 aliphatic rings. The third-order valence-electron chi connectivity index (χ3n) is 4.25. The topological polar surface area (TPSA) is 18.5 Å². The third kappa shape index (κ3) is 3.55. The molecule has 1 fully saturated rings. The van der Waals surface area contributed by atoms with Crippen molar-refractivity contribution in [2.75, 3.05) is 5.75 Å². The van der Waals surface area contributed by atoms with E-state index in [0.717, 1.165) is 5.47 Å². The van der Waals surface area contributed by atoms with Crippen LogP contribution in [0.3, 0.4) is 0 Å². The van der Waals surface area contributed by atoms with E-state index >= 15 is 0 Å². The van der Waals surface area contributed by atoms with E-state index in [1.807, 2.05) is 27.7 Å². The molecular formula is C16H21BF2O2S. The molecule has 1 heterocycles. The predicted molar refractivity (Wildman–Crippen MR) is 89.3 cm³/mol. The fourth-order valence-corrected chi connectivity index (χ4v) is 2.42. The summed E-state index contributed by atoms with van der Waals surface area (Å²) in [5.74, 6) is 0.426. The minimum absolute atomic E-state index is 0.00110. The van der Waals surface area contributed by atoms with E-state index in [-0.39, 0.29) is 5.56 Å². The van der Waals surface area contributed by atoms with Gasteiger partial charge in [-0.2, -0.15) is 12.6 Å². The number of benzene rings is 1. The van der Waals surface area contributed by atoms with Gasteiger partial charge in [0.2, 0.25) is 0 Å². The summed E-state index contributed by atoms with van der Waals surface area (Å²) in [7, 11) is -0.516. The molecule has 120 valence electrons. The van der Waals surface area contributed by atoms with E-state index in [2.05, 4.69) is 12.6 Å². The first-order valence-electron chi connectivity index (χ1n) is 7.21. The number of hydrogen-bond donors (Lipinski definition) is 1. The summed E-state index contributed by atoms with van der Waals surface area (Å²) in [5, 5.41) is 0. The molecule has 0 radical (unpaired) electrons. The molecule has 0 aromatic heterocycles. The number of hydrogen-bond acceptors (Lipinski definition) is 3. The second-order valence-corrected chi connectivity index (χ2v) is 6.75. The zero-order valence-electron chi connectivity index (χ0n) is 13.3. The van der Waals surface area contributed by atoms with Crippen LogP contribution in [0.1, 0.15) is 45.2 Å². The zero-order chi connectivity index (χ0) is 16.5. The fourth-order valence-electron chi connectivity index (χ4n) is 2.18. The molecule has 0 N–H and O–H groups in total. The summed E-state index contributed by atoms with van der Waals surface area (Å²) in [4.78, 5) is 0. The Bertz CT molecular complexity index is 557. The molecule has 2 rings (SSSR count). The fraction of sp³-hybridized carbons (Fsp3) is 0.500. The maximum Gasteiger partial charge on any atom is 0.491 e. The van der Waals surface area contributed by atoms with Crippen LogP contribution in [0.2, 0.25) is 0 Å². The van der Waals surface area contributed by atoms with Crippen LogP contribution in [0.4, 0.5) is 8.78 Å². The molecule has 0 aliphatic carbocycles. The largest absolute Gasteiger partial charge is 0.491 e. The van der Waals surface area contributed by atoms with Gasteiger partial charge in [0.1, 0.15) is 0 Å². The smallest absolute Gasteiger partial charge is 0.400 e. The highest BCUT2D eigenvalue weighted by Crippen LogP contribution is 2.39. The highest BCUT2D eigenvalue weighted by Gasteiger charge is 2.52. The number of thiol groups is 1. The molecule has 0 unspecified atom stereocenters. The summed E-state index contributed by atoms with van der Waals surface area (Å²) < 4.78 is 37.5. The van der Waals surface area contributed by atoms with Crippen LogP contribution in [-0.2, 0) is 9.31 Å². The molecular weight excluding hydrogens is 305 g/mol. The highest BCUT2D eigenvalue weighted by atomic mass is 32.1. The van der Waals surface area contributed by atoms with Crippen LogP contribution in [0.5, 0.6) is 0 Å². The van der Waals surface area contributed by atoms with Crippen molar-refractivity contribution in [2.45, 2.75) is 45.3 Å². The van der Waals surface area contributed by atoms with Crippen LogP contribution in [-0.4, -0.2) is 24.1 Å². The van der Waals surface area contributed by atoms with Crippen LogP contribution < -0.4 is 0 Å². The maximum atomic E-state index is 12.8. The van der Waals surface area contributed by atoms with Gasteiger partial charge in [0.15, 0.2) is 0 Å². The zero-order valence-corrected chi connectivity index (χ0v) is 14.2.